The standard InChI is InChI=1S/C16H18FN3OS/c1-20(12-6-7-18-9-12)16(21)14-10-22-15(19-14)8-11-4-2-3-5-13(11)17/h2-5,10,12,18H,6-9H2,1H3. The Labute approximate surface area is 133 Å². The first-order chi connectivity index (χ1) is 10.6. The third-order valence-electron chi connectivity index (χ3n) is 3.97. The summed E-state index contributed by atoms with van der Waals surface area (Å²) in [5.41, 5.74) is 1.05. The molecule has 3 rings (SSSR count). The second-order valence-electron chi connectivity index (χ2n) is 5.46. The zero-order valence-electron chi connectivity index (χ0n) is 12.4. The number of thiazole rings is 1. The van der Waals surface area contributed by atoms with Crippen molar-refractivity contribution in [1.29, 1.82) is 0 Å². The van der Waals surface area contributed by atoms with Gasteiger partial charge in [0.25, 0.3) is 5.91 Å². The Kier molecular flexibility index (Phi) is 4.49. The van der Waals surface area contributed by atoms with Gasteiger partial charge in [-0.15, -0.1) is 11.3 Å². The average molecular weight is 319 g/mol. The van der Waals surface area contributed by atoms with Gasteiger partial charge in [-0.1, -0.05) is 18.2 Å². The van der Waals surface area contributed by atoms with Gasteiger partial charge >= 0.3 is 0 Å². The summed E-state index contributed by atoms with van der Waals surface area (Å²) in [7, 11) is 1.82. The van der Waals surface area contributed by atoms with Gasteiger partial charge in [-0.25, -0.2) is 9.37 Å². The number of carbonyl (C=O) groups excluding carboxylic acids is 1. The third kappa shape index (κ3) is 3.18. The number of halogens is 1. The second-order valence-corrected chi connectivity index (χ2v) is 6.40. The first-order valence-corrected chi connectivity index (χ1v) is 8.19. The van der Waals surface area contributed by atoms with Gasteiger partial charge in [-0.2, -0.15) is 0 Å². The van der Waals surface area contributed by atoms with Gasteiger partial charge in [-0.3, -0.25) is 4.79 Å². The summed E-state index contributed by atoms with van der Waals surface area (Å²) in [4.78, 5) is 18.6. The first kappa shape index (κ1) is 15.1. The normalized spacial score (nSPS) is 17.6. The lowest BCUT2D eigenvalue weighted by Crippen LogP contribution is -2.38. The number of likely N-dealkylation sites (N-methyl/N-ethyl adjacent to an activating group) is 1. The highest BCUT2D eigenvalue weighted by atomic mass is 32.1. The number of nitrogens with zero attached hydrogens (tertiary/aromatic N) is 2. The van der Waals surface area contributed by atoms with E-state index in [9.17, 15) is 9.18 Å². The Morgan fingerprint density at radius 1 is 1.50 bits per heavy atom. The quantitative estimate of drug-likeness (QED) is 0.940. The minimum atomic E-state index is -0.236. The minimum Gasteiger partial charge on any atom is -0.336 e. The second kappa shape index (κ2) is 6.54. The van der Waals surface area contributed by atoms with Gasteiger partial charge in [0.05, 0.1) is 5.01 Å². The fourth-order valence-electron chi connectivity index (χ4n) is 2.61. The van der Waals surface area contributed by atoms with E-state index in [0.717, 1.165) is 24.5 Å². The van der Waals surface area contributed by atoms with E-state index in [0.29, 0.717) is 17.7 Å². The van der Waals surface area contributed by atoms with Gasteiger partial charge in [0.1, 0.15) is 11.5 Å². The van der Waals surface area contributed by atoms with Crippen LogP contribution in [0.15, 0.2) is 29.6 Å². The van der Waals surface area contributed by atoms with Crippen LogP contribution in [0.1, 0.15) is 27.5 Å². The lowest BCUT2D eigenvalue weighted by atomic mass is 10.1. The SMILES string of the molecule is CN(C(=O)c1csc(Cc2ccccc2F)n1)C1CCNC1. The summed E-state index contributed by atoms with van der Waals surface area (Å²) < 4.78 is 13.7. The van der Waals surface area contributed by atoms with Crippen LogP contribution in [-0.4, -0.2) is 42.0 Å². The minimum absolute atomic E-state index is 0.0651. The zero-order valence-corrected chi connectivity index (χ0v) is 13.2. The molecule has 1 aliphatic rings. The molecule has 1 atom stereocenters. The van der Waals surface area contributed by atoms with Gasteiger partial charge in [0.2, 0.25) is 0 Å². The smallest absolute Gasteiger partial charge is 0.273 e. The van der Waals surface area contributed by atoms with E-state index < -0.39 is 0 Å². The lowest BCUT2D eigenvalue weighted by molar-refractivity contribution is 0.0738. The van der Waals surface area contributed by atoms with Crippen molar-refractivity contribution in [3.05, 3.63) is 51.7 Å². The van der Waals surface area contributed by atoms with Crippen LogP contribution in [0.25, 0.3) is 0 Å². The van der Waals surface area contributed by atoms with Crippen LogP contribution in [-0.2, 0) is 6.42 Å². The van der Waals surface area contributed by atoms with Crippen LogP contribution in [0.5, 0.6) is 0 Å². The summed E-state index contributed by atoms with van der Waals surface area (Å²) in [5, 5.41) is 5.77. The highest BCUT2D eigenvalue weighted by Crippen LogP contribution is 2.19. The molecule has 0 radical (unpaired) electrons. The molecular weight excluding hydrogens is 301 g/mol. The fraction of sp³-hybridized carbons (Fsp3) is 0.375. The van der Waals surface area contributed by atoms with Crippen LogP contribution >= 0.6 is 11.3 Å². The molecular formula is C16H18FN3OS. The van der Waals surface area contributed by atoms with Gasteiger partial charge in [0, 0.05) is 31.4 Å². The fourth-order valence-corrected chi connectivity index (χ4v) is 3.40. The predicted octanol–water partition coefficient (Wildman–Crippen LogP) is 2.31. The van der Waals surface area contributed by atoms with E-state index in [1.165, 1.54) is 17.4 Å². The summed E-state index contributed by atoms with van der Waals surface area (Å²) in [5.74, 6) is -0.301. The van der Waals surface area contributed by atoms with Crippen molar-refractivity contribution in [3.63, 3.8) is 0 Å². The van der Waals surface area contributed by atoms with Gasteiger partial charge in [-0.05, 0) is 24.6 Å². The van der Waals surface area contributed by atoms with E-state index in [1.54, 1.807) is 28.5 Å². The third-order valence-corrected chi connectivity index (χ3v) is 4.82. The summed E-state index contributed by atoms with van der Waals surface area (Å²) in [6.45, 7) is 1.77. The molecule has 1 fully saturated rings. The molecule has 6 heteroatoms. The molecule has 22 heavy (non-hydrogen) atoms. The summed E-state index contributed by atoms with van der Waals surface area (Å²) in [6, 6.07) is 6.88. The maximum absolute atomic E-state index is 13.7. The molecule has 1 unspecified atom stereocenters. The van der Waals surface area contributed by atoms with Gasteiger partial charge in [0.15, 0.2) is 0 Å². The number of hydrogen-bond acceptors (Lipinski definition) is 4. The predicted molar refractivity (Wildman–Crippen MR) is 84.7 cm³/mol. The van der Waals surface area contributed by atoms with Crippen LogP contribution in [0.2, 0.25) is 0 Å². The molecule has 1 aromatic heterocycles. The van der Waals surface area contributed by atoms with Crippen molar-refractivity contribution in [2.45, 2.75) is 18.9 Å². The monoisotopic (exact) mass is 319 g/mol. The zero-order chi connectivity index (χ0) is 15.5. The number of hydrogen-bond donors (Lipinski definition) is 1. The summed E-state index contributed by atoms with van der Waals surface area (Å²) in [6.07, 6.45) is 1.38. The van der Waals surface area contributed by atoms with Gasteiger partial charge < -0.3 is 10.2 Å². The molecule has 4 nitrogen and oxygen atoms in total. The van der Waals surface area contributed by atoms with E-state index in [4.69, 9.17) is 0 Å². The Morgan fingerprint density at radius 2 is 2.32 bits per heavy atom. The molecule has 1 aliphatic heterocycles. The van der Waals surface area contributed by atoms with Crippen LogP contribution in [0, 0.1) is 5.82 Å². The van der Waals surface area contributed by atoms with E-state index >= 15 is 0 Å². The van der Waals surface area contributed by atoms with E-state index in [2.05, 4.69) is 10.3 Å². The van der Waals surface area contributed by atoms with E-state index in [-0.39, 0.29) is 17.8 Å². The molecule has 2 heterocycles. The highest BCUT2D eigenvalue weighted by molar-refractivity contribution is 7.09. The molecule has 0 spiro atoms. The van der Waals surface area contributed by atoms with Crippen molar-refractivity contribution in [1.82, 2.24) is 15.2 Å². The van der Waals surface area contributed by atoms with Crippen molar-refractivity contribution < 1.29 is 9.18 Å². The van der Waals surface area contributed by atoms with Crippen LogP contribution < -0.4 is 5.32 Å². The Morgan fingerprint density at radius 3 is 3.05 bits per heavy atom. The molecule has 1 saturated heterocycles. The molecule has 2 aromatic rings. The molecule has 1 aromatic carbocycles. The topological polar surface area (TPSA) is 45.2 Å². The maximum atomic E-state index is 13.7. The number of amides is 1. The Bertz CT molecular complexity index is 667. The van der Waals surface area contributed by atoms with Crippen LogP contribution in [0.3, 0.4) is 0 Å². The number of rotatable bonds is 4. The Balaban J connectivity index is 1.70. The van der Waals surface area contributed by atoms with Crippen molar-refractivity contribution in [2.75, 3.05) is 20.1 Å². The van der Waals surface area contributed by atoms with Crippen LogP contribution in [0.4, 0.5) is 4.39 Å². The van der Waals surface area contributed by atoms with Crippen molar-refractivity contribution in [2.24, 2.45) is 0 Å². The van der Waals surface area contributed by atoms with Crippen molar-refractivity contribution in [3.8, 4) is 0 Å². The molecule has 1 amide bonds. The lowest BCUT2D eigenvalue weighted by Gasteiger charge is -2.22. The number of aromatic nitrogens is 1. The van der Waals surface area contributed by atoms with E-state index in [1.807, 2.05) is 7.05 Å². The number of benzene rings is 1. The summed E-state index contributed by atoms with van der Waals surface area (Å²) >= 11 is 1.40. The molecule has 0 bridgehead atoms. The molecule has 0 aliphatic carbocycles. The molecule has 1 N–H and O–H groups in total. The average Bonchev–Trinajstić information content (AvgIpc) is 3.19. The highest BCUT2D eigenvalue weighted by Gasteiger charge is 2.25. The number of carbonyl (C=O) groups is 1. The molecule has 0 saturated carbocycles. The van der Waals surface area contributed by atoms with Crippen molar-refractivity contribution >= 4 is 17.2 Å². The largest absolute Gasteiger partial charge is 0.336 e. The number of nitrogens with one attached hydrogen (secondary N) is 1. The molecule has 116 valence electrons. The Hall–Kier alpha value is -1.79. The first-order valence-electron chi connectivity index (χ1n) is 7.31. The maximum Gasteiger partial charge on any atom is 0.273 e.